The van der Waals surface area contributed by atoms with Crippen LogP contribution in [0.4, 0.5) is 5.69 Å². The Morgan fingerprint density at radius 1 is 1.42 bits per heavy atom. The Balaban J connectivity index is 2.17. The van der Waals surface area contributed by atoms with Crippen molar-refractivity contribution in [3.63, 3.8) is 0 Å². The fraction of sp³-hybridized carbons (Fsp3) is 0.0833. The van der Waals surface area contributed by atoms with E-state index in [1.165, 1.54) is 0 Å². The molecule has 0 unspecified atom stereocenters. The molecule has 0 spiro atoms. The van der Waals surface area contributed by atoms with E-state index in [1.54, 1.807) is 29.2 Å². The summed E-state index contributed by atoms with van der Waals surface area (Å²) in [5, 5.41) is 11.0. The van der Waals surface area contributed by atoms with Crippen molar-refractivity contribution in [3.05, 3.63) is 30.4 Å². The molecular weight excluding hydrogens is 284 g/mol. The molecule has 1 aromatic heterocycles. The van der Waals surface area contributed by atoms with Crippen LogP contribution in [0.1, 0.15) is 0 Å². The van der Waals surface area contributed by atoms with Crippen LogP contribution < -0.4 is 5.32 Å². The highest BCUT2D eigenvalue weighted by Crippen LogP contribution is 2.29. The van der Waals surface area contributed by atoms with Crippen molar-refractivity contribution in [1.29, 1.82) is 0 Å². The van der Waals surface area contributed by atoms with Crippen LogP contribution in [-0.2, 0) is 9.59 Å². The lowest BCUT2D eigenvalue weighted by Crippen LogP contribution is -2.08. The first-order valence-electron chi connectivity index (χ1n) is 5.25. The maximum absolute atomic E-state index is 11.4. The summed E-state index contributed by atoms with van der Waals surface area (Å²) in [6.07, 6.45) is 3.73. The number of nitrogens with one attached hydrogen (secondary N) is 1. The maximum Gasteiger partial charge on any atom is 0.328 e. The molecule has 2 aromatic rings. The first-order chi connectivity index (χ1) is 9.08. The number of thioether (sulfide) groups is 1. The number of carbonyl (C=O) groups excluding carboxylic acids is 1. The molecule has 19 heavy (non-hydrogen) atoms. The van der Waals surface area contributed by atoms with Gasteiger partial charge < -0.3 is 10.4 Å². The number of hydrogen-bond acceptors (Lipinski definition) is 5. The van der Waals surface area contributed by atoms with E-state index >= 15 is 0 Å². The molecule has 7 heteroatoms. The number of aromatic nitrogens is 1. The lowest BCUT2D eigenvalue weighted by molar-refractivity contribution is -0.131. The largest absolute Gasteiger partial charge is 0.478 e. The SMILES string of the molecule is CSc1nc2ccc(NC(=O)/C=C/C(=O)O)cc2s1. The number of carboxylic acid groups (broad SMARTS) is 1. The number of fused-ring (bicyclic) bond motifs is 1. The summed E-state index contributed by atoms with van der Waals surface area (Å²) < 4.78 is 1.94. The van der Waals surface area contributed by atoms with E-state index in [4.69, 9.17) is 5.11 Å². The fourth-order valence-electron chi connectivity index (χ4n) is 1.40. The van der Waals surface area contributed by atoms with Crippen LogP contribution in [0.2, 0.25) is 0 Å². The van der Waals surface area contributed by atoms with Gasteiger partial charge in [0.15, 0.2) is 4.34 Å². The molecule has 1 heterocycles. The normalized spacial score (nSPS) is 11.0. The Morgan fingerprint density at radius 2 is 2.21 bits per heavy atom. The molecule has 0 bridgehead atoms. The Bertz CT molecular complexity index is 664. The lowest BCUT2D eigenvalue weighted by atomic mass is 10.3. The highest BCUT2D eigenvalue weighted by Gasteiger charge is 2.05. The number of thiazole rings is 1. The molecule has 0 aliphatic rings. The van der Waals surface area contributed by atoms with E-state index in [2.05, 4.69) is 10.3 Å². The minimum absolute atomic E-state index is 0.476. The van der Waals surface area contributed by atoms with Gasteiger partial charge in [0.1, 0.15) is 0 Å². The Morgan fingerprint density at radius 3 is 2.89 bits per heavy atom. The summed E-state index contributed by atoms with van der Waals surface area (Å²) in [6.45, 7) is 0. The predicted octanol–water partition coefficient (Wildman–Crippen LogP) is 2.60. The van der Waals surface area contributed by atoms with Crippen molar-refractivity contribution in [1.82, 2.24) is 4.98 Å². The molecule has 2 N–H and O–H groups in total. The number of anilines is 1. The van der Waals surface area contributed by atoms with Crippen molar-refractivity contribution in [2.75, 3.05) is 11.6 Å². The lowest BCUT2D eigenvalue weighted by Gasteiger charge is -2.00. The fourth-order valence-corrected chi connectivity index (χ4v) is 2.93. The summed E-state index contributed by atoms with van der Waals surface area (Å²) in [5.41, 5.74) is 1.50. The van der Waals surface area contributed by atoms with Gasteiger partial charge in [-0.15, -0.1) is 11.3 Å². The summed E-state index contributed by atoms with van der Waals surface area (Å²) in [7, 11) is 0. The van der Waals surface area contributed by atoms with Gasteiger partial charge in [-0.2, -0.15) is 0 Å². The summed E-state index contributed by atoms with van der Waals surface area (Å²) >= 11 is 3.11. The first kappa shape index (κ1) is 13.6. The summed E-state index contributed by atoms with van der Waals surface area (Å²) in [6, 6.07) is 5.37. The van der Waals surface area contributed by atoms with Crippen LogP contribution in [0.3, 0.4) is 0 Å². The maximum atomic E-state index is 11.4. The van der Waals surface area contributed by atoms with Crippen molar-refractivity contribution in [2.45, 2.75) is 4.34 Å². The van der Waals surface area contributed by atoms with Crippen molar-refractivity contribution in [2.24, 2.45) is 0 Å². The van der Waals surface area contributed by atoms with Crippen molar-refractivity contribution in [3.8, 4) is 0 Å². The standard InChI is InChI=1S/C12H10N2O3S2/c1-18-12-14-8-3-2-7(6-9(8)19-12)13-10(15)4-5-11(16)17/h2-6H,1H3,(H,13,15)(H,16,17)/b5-4+. The molecule has 1 amide bonds. The second-order valence-electron chi connectivity index (χ2n) is 3.53. The van der Waals surface area contributed by atoms with Crippen molar-refractivity contribution >= 4 is 50.9 Å². The van der Waals surface area contributed by atoms with Gasteiger partial charge in [0.05, 0.1) is 10.2 Å². The van der Waals surface area contributed by atoms with Gasteiger partial charge in [0.25, 0.3) is 0 Å². The molecule has 0 aliphatic heterocycles. The molecule has 0 atom stereocenters. The molecule has 2 rings (SSSR count). The van der Waals surface area contributed by atoms with E-state index in [1.807, 2.05) is 18.4 Å². The molecule has 98 valence electrons. The van der Waals surface area contributed by atoms with Crippen LogP contribution in [0.5, 0.6) is 0 Å². The summed E-state index contributed by atoms with van der Waals surface area (Å²) in [4.78, 5) is 26.1. The third-order valence-corrected chi connectivity index (χ3v) is 4.19. The minimum atomic E-state index is -1.15. The van der Waals surface area contributed by atoms with Gasteiger partial charge in [-0.25, -0.2) is 9.78 Å². The molecule has 0 fully saturated rings. The number of amides is 1. The average Bonchev–Trinajstić information content (AvgIpc) is 2.78. The highest BCUT2D eigenvalue weighted by molar-refractivity contribution is 8.00. The highest BCUT2D eigenvalue weighted by atomic mass is 32.2. The van der Waals surface area contributed by atoms with Gasteiger partial charge in [-0.3, -0.25) is 4.79 Å². The van der Waals surface area contributed by atoms with Gasteiger partial charge >= 0.3 is 5.97 Å². The van der Waals surface area contributed by atoms with E-state index in [0.29, 0.717) is 5.69 Å². The van der Waals surface area contributed by atoms with Crippen molar-refractivity contribution < 1.29 is 14.7 Å². The molecule has 0 saturated carbocycles. The van der Waals surface area contributed by atoms with Gasteiger partial charge in [-0.1, -0.05) is 11.8 Å². The second-order valence-corrected chi connectivity index (χ2v) is 5.61. The molecular formula is C12H10N2O3S2. The first-order valence-corrected chi connectivity index (χ1v) is 7.29. The number of nitrogens with zero attached hydrogens (tertiary/aromatic N) is 1. The monoisotopic (exact) mass is 294 g/mol. The van der Waals surface area contributed by atoms with Crippen LogP contribution >= 0.6 is 23.1 Å². The van der Waals surface area contributed by atoms with Crippen LogP contribution in [0.15, 0.2) is 34.7 Å². The number of hydrogen-bond donors (Lipinski definition) is 2. The molecule has 0 saturated heterocycles. The number of benzene rings is 1. The van der Waals surface area contributed by atoms with Gasteiger partial charge in [0, 0.05) is 17.8 Å². The van der Waals surface area contributed by atoms with E-state index < -0.39 is 11.9 Å². The quantitative estimate of drug-likeness (QED) is 0.669. The number of carbonyl (C=O) groups is 2. The van der Waals surface area contributed by atoms with Crippen LogP contribution in [0, 0.1) is 0 Å². The number of rotatable bonds is 4. The van der Waals surface area contributed by atoms with Crippen LogP contribution in [0.25, 0.3) is 10.2 Å². The Hall–Kier alpha value is -1.86. The third kappa shape index (κ3) is 3.55. The van der Waals surface area contributed by atoms with Crippen LogP contribution in [-0.4, -0.2) is 28.2 Å². The summed E-state index contributed by atoms with van der Waals surface area (Å²) in [5.74, 6) is -1.63. The van der Waals surface area contributed by atoms with E-state index in [9.17, 15) is 9.59 Å². The Kier molecular flexibility index (Phi) is 4.18. The van der Waals surface area contributed by atoms with E-state index in [0.717, 1.165) is 26.7 Å². The molecule has 1 aromatic carbocycles. The molecule has 0 radical (unpaired) electrons. The average molecular weight is 294 g/mol. The zero-order valence-corrected chi connectivity index (χ0v) is 11.5. The smallest absolute Gasteiger partial charge is 0.328 e. The number of aliphatic carboxylic acids is 1. The number of carboxylic acids is 1. The van der Waals surface area contributed by atoms with E-state index in [-0.39, 0.29) is 0 Å². The van der Waals surface area contributed by atoms with Gasteiger partial charge in [-0.05, 0) is 24.5 Å². The minimum Gasteiger partial charge on any atom is -0.478 e. The zero-order valence-electron chi connectivity index (χ0n) is 9.91. The Labute approximate surface area is 117 Å². The topological polar surface area (TPSA) is 79.3 Å². The second kappa shape index (κ2) is 5.85. The molecule has 5 nitrogen and oxygen atoms in total. The zero-order chi connectivity index (χ0) is 13.8. The molecule has 0 aliphatic carbocycles. The third-order valence-electron chi connectivity index (χ3n) is 2.19. The predicted molar refractivity (Wildman–Crippen MR) is 76.8 cm³/mol. The van der Waals surface area contributed by atoms with Gasteiger partial charge in [0.2, 0.25) is 5.91 Å².